The number of halogens is 3. The molecule has 1 aromatic heterocycles. The maximum absolute atomic E-state index is 13.3. The minimum atomic E-state index is -4.63. The molecule has 5 aromatic rings. The van der Waals surface area contributed by atoms with Gasteiger partial charge in [0.15, 0.2) is 11.5 Å². The van der Waals surface area contributed by atoms with E-state index in [2.05, 4.69) is 10.3 Å². The van der Waals surface area contributed by atoms with Crippen molar-refractivity contribution in [3.05, 3.63) is 96.2 Å². The number of rotatable bonds is 6. The summed E-state index contributed by atoms with van der Waals surface area (Å²) in [4.78, 5) is 17.0. The summed E-state index contributed by atoms with van der Waals surface area (Å²) in [6.07, 6.45) is -3.00. The summed E-state index contributed by atoms with van der Waals surface area (Å²) in [7, 11) is 3.10. The van der Waals surface area contributed by atoms with Gasteiger partial charge in [-0.15, -0.1) is 0 Å². The van der Waals surface area contributed by atoms with Gasteiger partial charge in [0.1, 0.15) is 11.5 Å². The maximum atomic E-state index is 13.3. The number of benzene rings is 4. The zero-order valence-corrected chi connectivity index (χ0v) is 20.3. The number of pyridine rings is 1. The lowest BCUT2D eigenvalue weighted by atomic mass is 10.1. The molecule has 0 saturated heterocycles. The van der Waals surface area contributed by atoms with Gasteiger partial charge in [-0.2, -0.15) is 13.2 Å². The van der Waals surface area contributed by atoms with Crippen LogP contribution in [0.15, 0.2) is 85.1 Å². The van der Waals surface area contributed by atoms with E-state index in [0.717, 1.165) is 28.3 Å². The number of methoxy groups -OCH3 is 2. The van der Waals surface area contributed by atoms with Crippen LogP contribution in [0, 0.1) is 0 Å². The third kappa shape index (κ3) is 4.90. The van der Waals surface area contributed by atoms with E-state index in [-0.39, 0.29) is 0 Å². The number of carbonyl (C=O) groups is 1. The van der Waals surface area contributed by atoms with Crippen molar-refractivity contribution in [2.24, 2.45) is 0 Å². The monoisotopic (exact) mass is 518 g/mol. The second kappa shape index (κ2) is 9.93. The smallest absolute Gasteiger partial charge is 0.417 e. The molecule has 0 aliphatic carbocycles. The number of aromatic nitrogens is 1. The molecule has 0 spiro atoms. The molecule has 0 aliphatic rings. The first kappa shape index (κ1) is 24.9. The topological polar surface area (TPSA) is 69.7 Å². The second-order valence-corrected chi connectivity index (χ2v) is 8.36. The molecule has 1 N–H and O–H groups in total. The van der Waals surface area contributed by atoms with Crippen LogP contribution in [0.2, 0.25) is 0 Å². The first-order chi connectivity index (χ1) is 18.3. The van der Waals surface area contributed by atoms with E-state index in [0.29, 0.717) is 34.2 Å². The van der Waals surface area contributed by atoms with Crippen molar-refractivity contribution in [2.45, 2.75) is 6.18 Å². The van der Waals surface area contributed by atoms with E-state index in [9.17, 15) is 18.0 Å². The van der Waals surface area contributed by atoms with Crippen molar-refractivity contribution >= 4 is 33.3 Å². The van der Waals surface area contributed by atoms with Gasteiger partial charge in [0.05, 0.1) is 30.9 Å². The van der Waals surface area contributed by atoms with E-state index in [1.54, 1.807) is 68.9 Å². The highest BCUT2D eigenvalue weighted by molar-refractivity contribution is 6.06. The first-order valence-corrected chi connectivity index (χ1v) is 11.5. The van der Waals surface area contributed by atoms with Gasteiger partial charge in [-0.25, -0.2) is 0 Å². The fourth-order valence-electron chi connectivity index (χ4n) is 4.16. The molecule has 1 heterocycles. The molecule has 38 heavy (non-hydrogen) atoms. The van der Waals surface area contributed by atoms with Crippen molar-refractivity contribution in [1.29, 1.82) is 0 Å². The summed E-state index contributed by atoms with van der Waals surface area (Å²) in [6.45, 7) is 0. The van der Waals surface area contributed by atoms with Crippen LogP contribution < -0.4 is 19.5 Å². The van der Waals surface area contributed by atoms with Gasteiger partial charge < -0.3 is 19.5 Å². The summed E-state index contributed by atoms with van der Waals surface area (Å²) in [5, 5.41) is 4.88. The second-order valence-electron chi connectivity index (χ2n) is 8.36. The van der Waals surface area contributed by atoms with Crippen LogP contribution in [-0.2, 0) is 6.18 Å². The van der Waals surface area contributed by atoms with Crippen molar-refractivity contribution < 1.29 is 32.2 Å². The molecule has 0 bridgehead atoms. The molecule has 0 saturated carbocycles. The highest BCUT2D eigenvalue weighted by Crippen LogP contribution is 2.37. The molecule has 0 radical (unpaired) electrons. The maximum Gasteiger partial charge on any atom is 0.417 e. The highest BCUT2D eigenvalue weighted by Gasteiger charge is 2.34. The molecule has 0 aliphatic heterocycles. The van der Waals surface area contributed by atoms with Gasteiger partial charge in [-0.3, -0.25) is 9.78 Å². The van der Waals surface area contributed by atoms with Crippen molar-refractivity contribution in [3.63, 3.8) is 0 Å². The summed E-state index contributed by atoms with van der Waals surface area (Å²) in [6, 6.07) is 20.4. The lowest BCUT2D eigenvalue weighted by Crippen LogP contribution is -2.18. The largest absolute Gasteiger partial charge is 0.493 e. The summed E-state index contributed by atoms with van der Waals surface area (Å²) < 4.78 is 56.8. The normalized spacial score (nSPS) is 11.4. The summed E-state index contributed by atoms with van der Waals surface area (Å²) in [5.41, 5.74) is -0.384. The molecular weight excluding hydrogens is 497 g/mol. The first-order valence-electron chi connectivity index (χ1n) is 11.5. The minimum absolute atomic E-state index is 0.370. The predicted octanol–water partition coefficient (Wildman–Crippen LogP) is 7.47. The number of nitrogens with one attached hydrogen (secondary N) is 1. The Hall–Kier alpha value is -4.79. The van der Waals surface area contributed by atoms with E-state index >= 15 is 0 Å². The Morgan fingerprint density at radius 3 is 2.29 bits per heavy atom. The SMILES string of the molecule is COc1cc2nccc(Oc3ccc4cc(NC(=O)c5ccccc5C(F)(F)F)ccc4c3)c2cc1OC. The number of alkyl halides is 3. The number of nitrogens with zero attached hydrogens (tertiary/aromatic N) is 1. The lowest BCUT2D eigenvalue weighted by Gasteiger charge is -2.14. The summed E-state index contributed by atoms with van der Waals surface area (Å²) in [5.74, 6) is 1.40. The molecule has 0 fully saturated rings. The molecule has 4 aromatic carbocycles. The fourth-order valence-corrected chi connectivity index (χ4v) is 4.16. The molecule has 6 nitrogen and oxygen atoms in total. The van der Waals surface area contributed by atoms with Gasteiger partial charge >= 0.3 is 6.18 Å². The van der Waals surface area contributed by atoms with Crippen LogP contribution in [0.4, 0.5) is 18.9 Å². The minimum Gasteiger partial charge on any atom is -0.493 e. The van der Waals surface area contributed by atoms with Gasteiger partial charge in [-0.1, -0.05) is 24.3 Å². The molecule has 1 amide bonds. The van der Waals surface area contributed by atoms with E-state index in [4.69, 9.17) is 14.2 Å². The third-order valence-electron chi connectivity index (χ3n) is 5.98. The van der Waals surface area contributed by atoms with E-state index in [1.165, 1.54) is 12.1 Å². The Balaban J connectivity index is 1.40. The van der Waals surface area contributed by atoms with Crippen LogP contribution in [0.5, 0.6) is 23.0 Å². The summed E-state index contributed by atoms with van der Waals surface area (Å²) >= 11 is 0. The Bertz CT molecular complexity index is 1670. The van der Waals surface area contributed by atoms with Crippen LogP contribution in [0.1, 0.15) is 15.9 Å². The number of amides is 1. The average Bonchev–Trinajstić information content (AvgIpc) is 2.92. The quantitative estimate of drug-likeness (QED) is 0.253. The van der Waals surface area contributed by atoms with Crippen LogP contribution in [0.25, 0.3) is 21.7 Å². The van der Waals surface area contributed by atoms with Gasteiger partial charge in [0.2, 0.25) is 0 Å². The number of anilines is 1. The number of carbonyl (C=O) groups excluding carboxylic acids is 1. The molecular formula is C29H21F3N2O4. The van der Waals surface area contributed by atoms with Crippen LogP contribution >= 0.6 is 0 Å². The molecule has 5 rings (SSSR count). The van der Waals surface area contributed by atoms with Crippen LogP contribution in [-0.4, -0.2) is 25.1 Å². The van der Waals surface area contributed by atoms with Crippen LogP contribution in [0.3, 0.4) is 0 Å². The number of hydrogen-bond donors (Lipinski definition) is 1. The Morgan fingerprint density at radius 2 is 1.53 bits per heavy atom. The Morgan fingerprint density at radius 1 is 0.816 bits per heavy atom. The Labute approximate surface area is 215 Å². The zero-order valence-electron chi connectivity index (χ0n) is 20.3. The van der Waals surface area contributed by atoms with E-state index < -0.39 is 23.2 Å². The number of hydrogen-bond acceptors (Lipinski definition) is 5. The fraction of sp³-hybridized carbons (Fsp3) is 0.103. The predicted molar refractivity (Wildman–Crippen MR) is 138 cm³/mol. The van der Waals surface area contributed by atoms with E-state index in [1.807, 2.05) is 6.07 Å². The molecule has 192 valence electrons. The zero-order chi connectivity index (χ0) is 26.9. The third-order valence-corrected chi connectivity index (χ3v) is 5.98. The van der Waals surface area contributed by atoms with Crippen molar-refractivity contribution in [1.82, 2.24) is 4.98 Å². The molecule has 0 atom stereocenters. The average molecular weight is 518 g/mol. The Kier molecular flexibility index (Phi) is 6.50. The molecule has 9 heteroatoms. The van der Waals surface area contributed by atoms with Crippen molar-refractivity contribution in [3.8, 4) is 23.0 Å². The number of fused-ring (bicyclic) bond motifs is 2. The van der Waals surface area contributed by atoms with Gasteiger partial charge in [0.25, 0.3) is 5.91 Å². The number of ether oxygens (including phenoxy) is 3. The highest BCUT2D eigenvalue weighted by atomic mass is 19.4. The lowest BCUT2D eigenvalue weighted by molar-refractivity contribution is -0.137. The van der Waals surface area contributed by atoms with Crippen molar-refractivity contribution in [2.75, 3.05) is 19.5 Å². The standard InChI is InChI=1S/C29H21F3N2O4/c1-36-26-15-22-24(16-27(26)37-2)33-12-11-25(22)38-20-10-8-17-13-19(9-7-18(17)14-20)34-28(35)21-5-3-4-6-23(21)29(30,31)32/h3-16H,1-2H3,(H,34,35). The molecule has 0 unspecified atom stereocenters. The van der Waals surface area contributed by atoms with Gasteiger partial charge in [0, 0.05) is 23.3 Å². The van der Waals surface area contributed by atoms with Gasteiger partial charge in [-0.05, 0) is 59.3 Å².